The Kier molecular flexibility index (Phi) is 7.72. The third-order valence-corrected chi connectivity index (χ3v) is 5.96. The Bertz CT molecular complexity index is 983. The summed E-state index contributed by atoms with van der Waals surface area (Å²) in [4.78, 5) is 34.9. The van der Waals surface area contributed by atoms with Crippen LogP contribution in [-0.2, 0) is 14.4 Å². The molecule has 174 valence electrons. The van der Waals surface area contributed by atoms with Crippen molar-refractivity contribution in [1.29, 1.82) is 0 Å². The summed E-state index contributed by atoms with van der Waals surface area (Å²) in [6.07, 6.45) is 7.70. The van der Waals surface area contributed by atoms with Gasteiger partial charge >= 0.3 is 0 Å². The molecule has 9 heteroatoms. The van der Waals surface area contributed by atoms with E-state index in [4.69, 9.17) is 21.2 Å². The molecule has 8 nitrogen and oxygen atoms in total. The zero-order valence-electron chi connectivity index (χ0n) is 18.2. The Morgan fingerprint density at radius 2 is 2.06 bits per heavy atom. The second-order valence-electron chi connectivity index (χ2n) is 8.16. The van der Waals surface area contributed by atoms with Crippen molar-refractivity contribution in [3.63, 3.8) is 0 Å². The van der Waals surface area contributed by atoms with Gasteiger partial charge < -0.3 is 15.4 Å². The highest BCUT2D eigenvalue weighted by molar-refractivity contribution is 6.30. The number of aromatic nitrogens is 1. The van der Waals surface area contributed by atoms with Gasteiger partial charge in [-0.05, 0) is 73.8 Å². The highest BCUT2D eigenvalue weighted by Gasteiger charge is 2.41. The van der Waals surface area contributed by atoms with Gasteiger partial charge in [0.1, 0.15) is 11.4 Å². The van der Waals surface area contributed by atoms with Crippen molar-refractivity contribution in [2.24, 2.45) is 0 Å². The van der Waals surface area contributed by atoms with Crippen LogP contribution < -0.4 is 16.1 Å². The van der Waals surface area contributed by atoms with E-state index in [1.807, 2.05) is 6.07 Å². The molecule has 33 heavy (non-hydrogen) atoms. The number of hydrogen-bond acceptors (Lipinski definition) is 7. The van der Waals surface area contributed by atoms with E-state index in [1.54, 1.807) is 42.6 Å². The summed E-state index contributed by atoms with van der Waals surface area (Å²) >= 11 is 5.96. The summed E-state index contributed by atoms with van der Waals surface area (Å²) in [5, 5.41) is 7.17. The fraction of sp³-hybridized carbons (Fsp3) is 0.375. The third-order valence-electron chi connectivity index (χ3n) is 5.71. The summed E-state index contributed by atoms with van der Waals surface area (Å²) in [5.41, 5.74) is 2.94. The van der Waals surface area contributed by atoms with Crippen molar-refractivity contribution in [3.05, 3.63) is 64.8 Å². The molecule has 2 aromatic rings. The molecule has 2 aliphatic rings. The number of nitrogens with zero attached hydrogens (tertiary/aromatic N) is 1. The minimum atomic E-state index is -0.781. The van der Waals surface area contributed by atoms with Gasteiger partial charge in [0.2, 0.25) is 0 Å². The number of hydrogen-bond donors (Lipinski definition) is 3. The molecule has 2 fully saturated rings. The van der Waals surface area contributed by atoms with Gasteiger partial charge in [-0.25, -0.2) is 15.3 Å². The van der Waals surface area contributed by atoms with Crippen molar-refractivity contribution < 1.29 is 19.2 Å². The number of amides is 1. The van der Waals surface area contributed by atoms with Crippen LogP contribution in [0.15, 0.2) is 48.7 Å². The second kappa shape index (κ2) is 10.9. The molecule has 1 aromatic heterocycles. The van der Waals surface area contributed by atoms with E-state index < -0.39 is 11.8 Å². The molecule has 1 amide bonds. The molecule has 0 saturated carbocycles. The van der Waals surface area contributed by atoms with Crippen molar-refractivity contribution >= 4 is 35.2 Å². The first-order valence-electron chi connectivity index (χ1n) is 11.0. The third kappa shape index (κ3) is 6.17. The van der Waals surface area contributed by atoms with Crippen LogP contribution >= 0.6 is 11.6 Å². The number of ether oxygens (including phenoxy) is 1. The molecule has 3 heterocycles. The molecule has 1 unspecified atom stereocenters. The van der Waals surface area contributed by atoms with Gasteiger partial charge in [-0.3, -0.25) is 9.59 Å². The quantitative estimate of drug-likeness (QED) is 0.309. The summed E-state index contributed by atoms with van der Waals surface area (Å²) in [6, 6.07) is 10.5. The number of ketones is 1. The summed E-state index contributed by atoms with van der Waals surface area (Å²) in [6.45, 7) is 1.88. The number of hydroxylamine groups is 1. The topological polar surface area (TPSA) is 102 Å². The Balaban J connectivity index is 1.35. The molecule has 2 saturated heterocycles. The SMILES string of the molecule is O=C(/C=C/c1ccc(N[C@@]2(C(=O)c3ccc(Cl)cc3)CCNC2)nc1)NOC1CCCCO1. The van der Waals surface area contributed by atoms with E-state index in [0.29, 0.717) is 36.0 Å². The number of pyridine rings is 1. The highest BCUT2D eigenvalue weighted by atomic mass is 35.5. The standard InChI is InChI=1S/C24H27ClN4O4/c25-19-8-6-18(7-9-19)23(31)24(12-13-26-16-24)28-20-10-4-17(15-27-20)5-11-21(30)29-33-22-3-1-2-14-32-22/h4-11,15,22,26H,1-3,12-14,16H2,(H,27,28)(H,29,30)/b11-5+/t22?,24-/m0/s1. The molecule has 0 bridgehead atoms. The van der Waals surface area contributed by atoms with Gasteiger partial charge in [0, 0.05) is 42.4 Å². The van der Waals surface area contributed by atoms with Crippen molar-refractivity contribution in [2.45, 2.75) is 37.5 Å². The van der Waals surface area contributed by atoms with Crippen molar-refractivity contribution in [2.75, 3.05) is 25.0 Å². The van der Waals surface area contributed by atoms with Gasteiger partial charge in [0.25, 0.3) is 5.91 Å². The number of halogens is 1. The summed E-state index contributed by atoms with van der Waals surface area (Å²) < 4.78 is 5.40. The molecule has 0 radical (unpaired) electrons. The number of nitrogens with one attached hydrogen (secondary N) is 3. The largest absolute Gasteiger partial charge is 0.356 e. The smallest absolute Gasteiger partial charge is 0.267 e. The monoisotopic (exact) mass is 470 g/mol. The molecule has 3 N–H and O–H groups in total. The average molecular weight is 471 g/mol. The summed E-state index contributed by atoms with van der Waals surface area (Å²) in [5.74, 6) is 0.199. The van der Waals surface area contributed by atoms with E-state index in [1.165, 1.54) is 6.08 Å². The van der Waals surface area contributed by atoms with Gasteiger partial charge in [0.15, 0.2) is 12.1 Å². The first kappa shape index (κ1) is 23.4. The number of carbonyl (C=O) groups is 2. The van der Waals surface area contributed by atoms with E-state index in [0.717, 1.165) is 31.4 Å². The predicted molar refractivity (Wildman–Crippen MR) is 126 cm³/mol. The van der Waals surface area contributed by atoms with Crippen LogP contribution in [0.3, 0.4) is 0 Å². The van der Waals surface area contributed by atoms with Crippen LogP contribution in [-0.4, -0.2) is 48.2 Å². The second-order valence-corrected chi connectivity index (χ2v) is 8.60. The molecular formula is C24H27ClN4O4. The van der Waals surface area contributed by atoms with E-state index in [9.17, 15) is 9.59 Å². The van der Waals surface area contributed by atoms with E-state index in [-0.39, 0.29) is 11.7 Å². The molecule has 0 aliphatic carbocycles. The minimum Gasteiger partial charge on any atom is -0.356 e. The molecular weight excluding hydrogens is 444 g/mol. The minimum absolute atomic E-state index is 0.00597. The van der Waals surface area contributed by atoms with Gasteiger partial charge in [0.05, 0.1) is 0 Å². The van der Waals surface area contributed by atoms with Gasteiger partial charge in [-0.1, -0.05) is 11.6 Å². The van der Waals surface area contributed by atoms with Crippen LogP contribution in [0.5, 0.6) is 0 Å². The van der Waals surface area contributed by atoms with E-state index >= 15 is 0 Å². The van der Waals surface area contributed by atoms with Crippen molar-refractivity contribution in [3.8, 4) is 0 Å². The fourth-order valence-corrected chi connectivity index (χ4v) is 4.01. The van der Waals surface area contributed by atoms with Crippen molar-refractivity contribution in [1.82, 2.24) is 15.8 Å². The molecule has 2 aliphatic heterocycles. The normalized spacial score (nSPS) is 22.9. The Labute approximate surface area is 197 Å². The number of anilines is 1. The zero-order chi connectivity index (χ0) is 23.1. The Hall–Kier alpha value is -2.78. The average Bonchev–Trinajstić information content (AvgIpc) is 3.32. The van der Waals surface area contributed by atoms with Crippen LogP contribution in [0.4, 0.5) is 5.82 Å². The summed E-state index contributed by atoms with van der Waals surface area (Å²) in [7, 11) is 0. The molecule has 4 rings (SSSR count). The predicted octanol–water partition coefficient (Wildman–Crippen LogP) is 3.35. The van der Waals surface area contributed by atoms with Crippen LogP contribution in [0.25, 0.3) is 6.08 Å². The maximum absolute atomic E-state index is 13.3. The maximum atomic E-state index is 13.3. The van der Waals surface area contributed by atoms with Crippen LogP contribution in [0.2, 0.25) is 5.02 Å². The zero-order valence-corrected chi connectivity index (χ0v) is 18.9. The first-order valence-corrected chi connectivity index (χ1v) is 11.4. The van der Waals surface area contributed by atoms with Crippen LogP contribution in [0.1, 0.15) is 41.6 Å². The first-order chi connectivity index (χ1) is 16.0. The lowest BCUT2D eigenvalue weighted by Gasteiger charge is -2.29. The lowest BCUT2D eigenvalue weighted by Crippen LogP contribution is -2.48. The van der Waals surface area contributed by atoms with E-state index in [2.05, 4.69) is 21.1 Å². The Morgan fingerprint density at radius 1 is 1.21 bits per heavy atom. The van der Waals surface area contributed by atoms with Crippen LogP contribution in [0, 0.1) is 0 Å². The Morgan fingerprint density at radius 3 is 2.73 bits per heavy atom. The fourth-order valence-electron chi connectivity index (χ4n) is 3.88. The lowest BCUT2D eigenvalue weighted by molar-refractivity contribution is -0.198. The van der Waals surface area contributed by atoms with Gasteiger partial charge in [-0.2, -0.15) is 0 Å². The molecule has 0 spiro atoms. The van der Waals surface area contributed by atoms with Gasteiger partial charge in [-0.15, -0.1) is 0 Å². The molecule has 2 atom stereocenters. The highest BCUT2D eigenvalue weighted by Crippen LogP contribution is 2.26. The lowest BCUT2D eigenvalue weighted by atomic mass is 9.88. The molecule has 1 aromatic carbocycles. The number of carbonyl (C=O) groups excluding carboxylic acids is 2. The number of benzene rings is 1. The number of Topliss-reactive ketones (excluding diaryl/α,β-unsaturated/α-hetero) is 1. The number of rotatable bonds is 8. The maximum Gasteiger partial charge on any atom is 0.267 e.